The molecular weight excluding hydrogens is 386 g/mol. The van der Waals surface area contributed by atoms with Crippen molar-refractivity contribution < 1.29 is 9.53 Å². The molecule has 0 saturated carbocycles. The number of rotatable bonds is 6. The summed E-state index contributed by atoms with van der Waals surface area (Å²) in [5.41, 5.74) is 0. The number of benzene rings is 1. The number of carbonyl (C=O) groups is 1. The Hall–Kier alpha value is -0.550. The molecule has 0 aromatic heterocycles. The van der Waals surface area contributed by atoms with Crippen molar-refractivity contribution in [3.8, 4) is 5.75 Å². The third-order valence-corrected chi connectivity index (χ3v) is 3.89. The first-order valence-corrected chi connectivity index (χ1v) is 8.30. The molecule has 112 valence electrons. The van der Waals surface area contributed by atoms with Crippen LogP contribution < -0.4 is 10.1 Å². The molecule has 0 aliphatic heterocycles. The molecule has 0 spiro atoms. The molecule has 1 amide bonds. The Kier molecular flexibility index (Phi) is 7.03. The third kappa shape index (κ3) is 5.83. The van der Waals surface area contributed by atoms with E-state index in [2.05, 4.69) is 51.0 Å². The smallest absolute Gasteiger partial charge is 0.260 e. The van der Waals surface area contributed by atoms with Crippen molar-refractivity contribution in [1.82, 2.24) is 5.32 Å². The molecule has 0 unspecified atom stereocenters. The van der Waals surface area contributed by atoms with E-state index in [-0.39, 0.29) is 11.9 Å². The maximum atomic E-state index is 12.1. The topological polar surface area (TPSA) is 38.3 Å². The fourth-order valence-corrected chi connectivity index (χ4v) is 3.08. The molecule has 1 aromatic carbocycles. The summed E-state index contributed by atoms with van der Waals surface area (Å²) in [6.07, 6.45) is 0.433. The molecule has 2 atom stereocenters. The monoisotopic (exact) mass is 405 g/mol. The van der Waals surface area contributed by atoms with E-state index in [1.54, 1.807) is 6.92 Å². The quantitative estimate of drug-likeness (QED) is 0.753. The van der Waals surface area contributed by atoms with E-state index < -0.39 is 6.10 Å². The highest BCUT2D eigenvalue weighted by atomic mass is 79.9. The molecule has 0 radical (unpaired) electrons. The van der Waals surface area contributed by atoms with E-state index in [1.807, 2.05) is 25.1 Å². The summed E-state index contributed by atoms with van der Waals surface area (Å²) in [7, 11) is 0. The Morgan fingerprint density at radius 3 is 2.45 bits per heavy atom. The van der Waals surface area contributed by atoms with Crippen LogP contribution in [0.4, 0.5) is 0 Å². The first-order chi connectivity index (χ1) is 9.29. The van der Waals surface area contributed by atoms with E-state index in [4.69, 9.17) is 4.74 Å². The molecule has 0 aliphatic carbocycles. The molecule has 0 saturated heterocycles. The van der Waals surface area contributed by atoms with E-state index in [0.717, 1.165) is 15.4 Å². The van der Waals surface area contributed by atoms with Crippen LogP contribution in [0.1, 0.15) is 34.1 Å². The fourth-order valence-electron chi connectivity index (χ4n) is 1.94. The van der Waals surface area contributed by atoms with Crippen LogP contribution in [0.25, 0.3) is 0 Å². The van der Waals surface area contributed by atoms with Gasteiger partial charge in [0.1, 0.15) is 5.75 Å². The minimum Gasteiger partial charge on any atom is -0.480 e. The second-order valence-electron chi connectivity index (χ2n) is 5.37. The molecule has 1 rings (SSSR count). The van der Waals surface area contributed by atoms with Gasteiger partial charge in [0.15, 0.2) is 6.10 Å². The largest absolute Gasteiger partial charge is 0.480 e. The zero-order valence-electron chi connectivity index (χ0n) is 12.2. The van der Waals surface area contributed by atoms with Crippen molar-refractivity contribution in [2.24, 2.45) is 5.92 Å². The van der Waals surface area contributed by atoms with Crippen molar-refractivity contribution in [3.05, 3.63) is 27.1 Å². The van der Waals surface area contributed by atoms with Crippen molar-refractivity contribution in [2.75, 3.05) is 0 Å². The minimum atomic E-state index is -0.526. The highest BCUT2D eigenvalue weighted by Crippen LogP contribution is 2.28. The van der Waals surface area contributed by atoms with Crippen molar-refractivity contribution >= 4 is 37.8 Å². The fraction of sp³-hybridized carbons (Fsp3) is 0.533. The zero-order valence-corrected chi connectivity index (χ0v) is 15.4. The summed E-state index contributed by atoms with van der Waals surface area (Å²) in [4.78, 5) is 12.1. The molecule has 0 aliphatic rings. The number of ether oxygens (including phenoxy) is 1. The summed E-state index contributed by atoms with van der Waals surface area (Å²) in [5, 5.41) is 2.97. The van der Waals surface area contributed by atoms with Crippen LogP contribution in [0.3, 0.4) is 0 Å². The van der Waals surface area contributed by atoms with Crippen LogP contribution in [0.15, 0.2) is 27.1 Å². The molecular formula is C15H21Br2NO2. The summed E-state index contributed by atoms with van der Waals surface area (Å²) >= 11 is 6.80. The highest BCUT2D eigenvalue weighted by Gasteiger charge is 2.18. The number of hydrogen-bond acceptors (Lipinski definition) is 2. The molecule has 0 fully saturated rings. The van der Waals surface area contributed by atoms with Gasteiger partial charge in [0, 0.05) is 10.5 Å². The maximum Gasteiger partial charge on any atom is 0.260 e. The minimum absolute atomic E-state index is 0.0898. The van der Waals surface area contributed by atoms with Gasteiger partial charge in [-0.15, -0.1) is 0 Å². The van der Waals surface area contributed by atoms with Crippen molar-refractivity contribution in [1.29, 1.82) is 0 Å². The maximum absolute atomic E-state index is 12.1. The predicted molar refractivity (Wildman–Crippen MR) is 89.0 cm³/mol. The lowest BCUT2D eigenvalue weighted by molar-refractivity contribution is -0.128. The number of hydrogen-bond donors (Lipinski definition) is 1. The Bertz CT molecular complexity index is 463. The van der Waals surface area contributed by atoms with Gasteiger partial charge in [-0.3, -0.25) is 4.79 Å². The standard InChI is InChI=1S/C15H21Br2NO2/c1-9(2)7-10(3)18-15(19)11(4)20-14-6-5-12(16)8-13(14)17/h5-6,8-11H,7H2,1-4H3,(H,18,19)/t10-,11-/m0/s1. The van der Waals surface area contributed by atoms with Gasteiger partial charge >= 0.3 is 0 Å². The molecule has 0 bridgehead atoms. The normalized spacial score (nSPS) is 13.9. The second-order valence-corrected chi connectivity index (χ2v) is 7.14. The molecule has 20 heavy (non-hydrogen) atoms. The molecule has 5 heteroatoms. The van der Waals surface area contributed by atoms with Crippen LogP contribution in [-0.2, 0) is 4.79 Å². The SMILES string of the molecule is CC(C)C[C@H](C)NC(=O)[C@H](C)Oc1ccc(Br)cc1Br. The van der Waals surface area contributed by atoms with Crippen LogP contribution in [0.5, 0.6) is 5.75 Å². The van der Waals surface area contributed by atoms with Crippen molar-refractivity contribution in [2.45, 2.75) is 46.3 Å². The van der Waals surface area contributed by atoms with Gasteiger partial charge in [0.2, 0.25) is 0 Å². The van der Waals surface area contributed by atoms with Gasteiger partial charge in [-0.25, -0.2) is 0 Å². The van der Waals surface area contributed by atoms with Gasteiger partial charge in [-0.2, -0.15) is 0 Å². The van der Waals surface area contributed by atoms with Gasteiger partial charge in [0.25, 0.3) is 5.91 Å². The Morgan fingerprint density at radius 2 is 1.90 bits per heavy atom. The lowest BCUT2D eigenvalue weighted by Gasteiger charge is -2.20. The van der Waals surface area contributed by atoms with E-state index in [0.29, 0.717) is 11.7 Å². The summed E-state index contributed by atoms with van der Waals surface area (Å²) in [5.74, 6) is 1.13. The summed E-state index contributed by atoms with van der Waals surface area (Å²) in [6, 6.07) is 5.75. The molecule has 3 nitrogen and oxygen atoms in total. The predicted octanol–water partition coefficient (Wildman–Crippen LogP) is 4.53. The zero-order chi connectivity index (χ0) is 15.3. The van der Waals surface area contributed by atoms with Gasteiger partial charge in [-0.05, 0) is 60.3 Å². The molecule has 1 aromatic rings. The van der Waals surface area contributed by atoms with E-state index in [9.17, 15) is 4.79 Å². The average molecular weight is 407 g/mol. The summed E-state index contributed by atoms with van der Waals surface area (Å²) in [6.45, 7) is 8.05. The van der Waals surface area contributed by atoms with Crippen LogP contribution in [-0.4, -0.2) is 18.1 Å². The lowest BCUT2D eigenvalue weighted by atomic mass is 10.1. The summed E-state index contributed by atoms with van der Waals surface area (Å²) < 4.78 is 7.47. The Labute approximate surface area is 137 Å². The Morgan fingerprint density at radius 1 is 1.25 bits per heavy atom. The average Bonchev–Trinajstić information content (AvgIpc) is 2.31. The number of amides is 1. The van der Waals surface area contributed by atoms with Crippen LogP contribution >= 0.6 is 31.9 Å². The first-order valence-electron chi connectivity index (χ1n) is 6.71. The highest BCUT2D eigenvalue weighted by molar-refractivity contribution is 9.11. The number of halogens is 2. The lowest BCUT2D eigenvalue weighted by Crippen LogP contribution is -2.41. The van der Waals surface area contributed by atoms with Crippen molar-refractivity contribution in [3.63, 3.8) is 0 Å². The number of carbonyl (C=O) groups excluding carboxylic acids is 1. The van der Waals surface area contributed by atoms with Crippen LogP contribution in [0, 0.1) is 5.92 Å². The van der Waals surface area contributed by atoms with Gasteiger partial charge in [0.05, 0.1) is 4.47 Å². The van der Waals surface area contributed by atoms with Crippen LogP contribution in [0.2, 0.25) is 0 Å². The second kappa shape index (κ2) is 8.03. The Balaban J connectivity index is 2.57. The van der Waals surface area contributed by atoms with E-state index in [1.165, 1.54) is 0 Å². The molecule has 1 N–H and O–H groups in total. The van der Waals surface area contributed by atoms with Gasteiger partial charge in [-0.1, -0.05) is 29.8 Å². The molecule has 0 heterocycles. The number of nitrogens with one attached hydrogen (secondary N) is 1. The first kappa shape index (κ1) is 17.5. The van der Waals surface area contributed by atoms with E-state index >= 15 is 0 Å². The third-order valence-electron chi connectivity index (χ3n) is 2.78. The van der Waals surface area contributed by atoms with Gasteiger partial charge < -0.3 is 10.1 Å².